The van der Waals surface area contributed by atoms with E-state index in [1.165, 1.54) is 31.2 Å². The summed E-state index contributed by atoms with van der Waals surface area (Å²) in [6, 6.07) is 8.72. The van der Waals surface area contributed by atoms with Crippen LogP contribution in [-0.2, 0) is 19.3 Å². The number of pyridine rings is 1. The largest absolute Gasteiger partial charge is 0.476 e. The van der Waals surface area contributed by atoms with Gasteiger partial charge in [0.05, 0.1) is 22.7 Å². The van der Waals surface area contributed by atoms with E-state index < -0.39 is 40.7 Å². The van der Waals surface area contributed by atoms with Crippen LogP contribution < -0.4 is 15.6 Å². The third-order valence-corrected chi connectivity index (χ3v) is 6.49. The van der Waals surface area contributed by atoms with Crippen LogP contribution in [-0.4, -0.2) is 16.1 Å². The fourth-order valence-electron chi connectivity index (χ4n) is 4.46. The van der Waals surface area contributed by atoms with Gasteiger partial charge in [0.15, 0.2) is 11.1 Å². The number of aromatic nitrogens is 1. The standard InChI is InChI=1S/C26H18ClF4N3O4/c1-12(32-19-4-5-21(27)33-23(19)25(36)37)17-7-15(26(29,30)31)8-18-20(35)9-22(38-24(17)18)34-10-13-2-3-16(28)6-14(13)11-34/h2-9,12,32H,10-11H2,1H3,(H,36,37)/t12-/m1/s1. The number of carboxylic acids is 1. The van der Waals surface area contributed by atoms with Crippen LogP contribution in [0.4, 0.5) is 29.1 Å². The molecule has 0 amide bonds. The molecule has 4 aromatic rings. The van der Waals surface area contributed by atoms with E-state index in [1.54, 1.807) is 11.0 Å². The van der Waals surface area contributed by atoms with Gasteiger partial charge >= 0.3 is 12.1 Å². The van der Waals surface area contributed by atoms with Crippen LogP contribution in [0.3, 0.4) is 0 Å². The predicted molar refractivity (Wildman–Crippen MR) is 132 cm³/mol. The van der Waals surface area contributed by atoms with Crippen molar-refractivity contribution >= 4 is 40.1 Å². The van der Waals surface area contributed by atoms with Crippen molar-refractivity contribution in [3.63, 3.8) is 0 Å². The van der Waals surface area contributed by atoms with Gasteiger partial charge in [-0.25, -0.2) is 14.2 Å². The molecule has 5 rings (SSSR count). The summed E-state index contributed by atoms with van der Waals surface area (Å²) in [7, 11) is 0. The number of nitrogens with one attached hydrogen (secondary N) is 1. The van der Waals surface area contributed by atoms with Gasteiger partial charge in [-0.3, -0.25) is 4.79 Å². The molecule has 2 aromatic carbocycles. The molecule has 1 aliphatic rings. The Balaban J connectivity index is 1.62. The first-order valence-electron chi connectivity index (χ1n) is 11.3. The third-order valence-electron chi connectivity index (χ3n) is 6.28. The van der Waals surface area contributed by atoms with E-state index in [0.717, 1.165) is 23.8 Å². The predicted octanol–water partition coefficient (Wildman–Crippen LogP) is 6.39. The number of hydrogen-bond donors (Lipinski definition) is 2. The quantitative estimate of drug-likeness (QED) is 0.221. The van der Waals surface area contributed by atoms with Crippen LogP contribution in [0.2, 0.25) is 5.15 Å². The fourth-order valence-corrected chi connectivity index (χ4v) is 4.61. The van der Waals surface area contributed by atoms with E-state index in [1.807, 2.05) is 0 Å². The van der Waals surface area contributed by atoms with Gasteiger partial charge in [-0.2, -0.15) is 13.2 Å². The number of halogens is 5. The van der Waals surface area contributed by atoms with E-state index in [4.69, 9.17) is 16.0 Å². The highest BCUT2D eigenvalue weighted by atomic mass is 35.5. The first-order valence-corrected chi connectivity index (χ1v) is 11.7. The summed E-state index contributed by atoms with van der Waals surface area (Å²) in [5.74, 6) is -1.70. The Bertz CT molecular complexity index is 1650. The molecule has 38 heavy (non-hydrogen) atoms. The molecule has 12 heteroatoms. The van der Waals surface area contributed by atoms with Crippen LogP contribution in [0.5, 0.6) is 0 Å². The highest BCUT2D eigenvalue weighted by molar-refractivity contribution is 6.29. The summed E-state index contributed by atoms with van der Waals surface area (Å²) < 4.78 is 60.9. The number of benzene rings is 2. The Morgan fingerprint density at radius 3 is 2.58 bits per heavy atom. The summed E-state index contributed by atoms with van der Waals surface area (Å²) in [6.07, 6.45) is -4.76. The zero-order valence-electron chi connectivity index (χ0n) is 19.6. The SMILES string of the molecule is C[C@@H](Nc1ccc(Cl)nc1C(=O)O)c1cc(C(F)(F)F)cc2c(=O)cc(N3Cc4ccc(F)cc4C3)oc12. The second kappa shape index (κ2) is 9.32. The average Bonchev–Trinajstić information content (AvgIpc) is 3.27. The Hall–Kier alpha value is -4.12. The van der Waals surface area contributed by atoms with E-state index in [-0.39, 0.29) is 39.8 Å². The Morgan fingerprint density at radius 2 is 1.87 bits per heavy atom. The van der Waals surface area contributed by atoms with Crippen molar-refractivity contribution < 1.29 is 31.9 Å². The molecule has 0 unspecified atom stereocenters. The number of aromatic carboxylic acids is 1. The molecule has 2 N–H and O–H groups in total. The highest BCUT2D eigenvalue weighted by Crippen LogP contribution is 2.38. The van der Waals surface area contributed by atoms with Crippen molar-refractivity contribution in [1.29, 1.82) is 0 Å². The van der Waals surface area contributed by atoms with E-state index in [0.29, 0.717) is 12.1 Å². The summed E-state index contributed by atoms with van der Waals surface area (Å²) in [5, 5.41) is 12.0. The highest BCUT2D eigenvalue weighted by Gasteiger charge is 2.33. The van der Waals surface area contributed by atoms with Crippen LogP contribution in [0.15, 0.2) is 57.7 Å². The van der Waals surface area contributed by atoms with Crippen LogP contribution in [0, 0.1) is 5.82 Å². The minimum Gasteiger partial charge on any atom is -0.476 e. The first-order chi connectivity index (χ1) is 17.9. The maximum absolute atomic E-state index is 13.7. The summed E-state index contributed by atoms with van der Waals surface area (Å²) in [4.78, 5) is 30.1. The van der Waals surface area contributed by atoms with Gasteiger partial charge in [0, 0.05) is 24.7 Å². The normalized spacial score (nSPS) is 14.0. The number of fused-ring (bicyclic) bond motifs is 2. The number of nitrogens with zero attached hydrogens (tertiary/aromatic N) is 2. The zero-order valence-corrected chi connectivity index (χ0v) is 20.3. The third kappa shape index (κ3) is 4.76. The second-order valence-corrected chi connectivity index (χ2v) is 9.25. The number of anilines is 2. The Kier molecular flexibility index (Phi) is 6.26. The summed E-state index contributed by atoms with van der Waals surface area (Å²) in [6.45, 7) is 2.05. The molecule has 0 radical (unpaired) electrons. The lowest BCUT2D eigenvalue weighted by Gasteiger charge is -2.21. The molecule has 0 saturated heterocycles. The van der Waals surface area contributed by atoms with Gasteiger partial charge in [0.25, 0.3) is 0 Å². The lowest BCUT2D eigenvalue weighted by molar-refractivity contribution is -0.137. The van der Waals surface area contributed by atoms with Crippen molar-refractivity contribution in [2.45, 2.75) is 32.2 Å². The van der Waals surface area contributed by atoms with Crippen LogP contribution >= 0.6 is 11.6 Å². The second-order valence-electron chi connectivity index (χ2n) is 8.86. The van der Waals surface area contributed by atoms with Gasteiger partial charge in [-0.05, 0) is 54.4 Å². The molecule has 3 heterocycles. The molecule has 1 aliphatic heterocycles. The lowest BCUT2D eigenvalue weighted by Crippen LogP contribution is -2.18. The fraction of sp³-hybridized carbons (Fsp3) is 0.192. The van der Waals surface area contributed by atoms with E-state index >= 15 is 0 Å². The van der Waals surface area contributed by atoms with Crippen LogP contribution in [0.1, 0.15) is 45.7 Å². The van der Waals surface area contributed by atoms with Crippen molar-refractivity contribution in [2.75, 3.05) is 10.2 Å². The minimum atomic E-state index is -4.76. The molecule has 7 nitrogen and oxygen atoms in total. The van der Waals surface area contributed by atoms with Crippen LogP contribution in [0.25, 0.3) is 11.0 Å². The monoisotopic (exact) mass is 547 g/mol. The molecule has 0 spiro atoms. The Morgan fingerprint density at radius 1 is 1.13 bits per heavy atom. The van der Waals surface area contributed by atoms with Crippen molar-refractivity contribution in [1.82, 2.24) is 4.98 Å². The molecule has 0 bridgehead atoms. The molecule has 0 fully saturated rings. The molecular weight excluding hydrogens is 530 g/mol. The zero-order chi connectivity index (χ0) is 27.4. The number of carbonyl (C=O) groups is 1. The molecule has 0 saturated carbocycles. The number of alkyl halides is 3. The van der Waals surface area contributed by atoms with E-state index in [2.05, 4.69) is 10.3 Å². The van der Waals surface area contributed by atoms with Gasteiger partial charge < -0.3 is 19.7 Å². The van der Waals surface area contributed by atoms with Crippen molar-refractivity contribution in [3.05, 3.63) is 97.7 Å². The lowest BCUT2D eigenvalue weighted by atomic mass is 10.00. The van der Waals surface area contributed by atoms with Gasteiger partial charge in [0.2, 0.25) is 5.88 Å². The topological polar surface area (TPSA) is 95.7 Å². The molecule has 0 aliphatic carbocycles. The number of rotatable bonds is 5. The number of hydrogen-bond acceptors (Lipinski definition) is 6. The maximum Gasteiger partial charge on any atom is 0.416 e. The smallest absolute Gasteiger partial charge is 0.416 e. The van der Waals surface area contributed by atoms with Gasteiger partial charge in [-0.15, -0.1) is 0 Å². The molecule has 2 aromatic heterocycles. The van der Waals surface area contributed by atoms with Gasteiger partial charge in [-0.1, -0.05) is 17.7 Å². The first kappa shape index (κ1) is 25.5. The van der Waals surface area contributed by atoms with Crippen molar-refractivity contribution in [2.24, 2.45) is 0 Å². The van der Waals surface area contributed by atoms with Crippen molar-refractivity contribution in [3.8, 4) is 0 Å². The van der Waals surface area contributed by atoms with Gasteiger partial charge in [0.1, 0.15) is 16.6 Å². The Labute approximate surface area is 217 Å². The molecule has 196 valence electrons. The minimum absolute atomic E-state index is 0.00971. The summed E-state index contributed by atoms with van der Waals surface area (Å²) in [5.41, 5.74) is -0.766. The molecule has 1 atom stereocenters. The summed E-state index contributed by atoms with van der Waals surface area (Å²) >= 11 is 5.80. The molecular formula is C26H18ClF4N3O4. The van der Waals surface area contributed by atoms with E-state index in [9.17, 15) is 32.3 Å². The maximum atomic E-state index is 13.7. The number of carboxylic acid groups (broad SMARTS) is 1. The average molecular weight is 548 g/mol.